The summed E-state index contributed by atoms with van der Waals surface area (Å²) in [4.78, 5) is 25.7. The Morgan fingerprint density at radius 3 is 2.81 bits per heavy atom. The topological polar surface area (TPSA) is 62.5 Å². The molecule has 1 aliphatic heterocycles. The summed E-state index contributed by atoms with van der Waals surface area (Å²) in [6.45, 7) is -0.691. The average molecular weight is 363 g/mol. The molecule has 0 N–H and O–H groups in total. The Bertz CT molecular complexity index is 643. The van der Waals surface area contributed by atoms with E-state index in [1.807, 2.05) is 0 Å². The van der Waals surface area contributed by atoms with Crippen molar-refractivity contribution in [2.24, 2.45) is 7.05 Å². The van der Waals surface area contributed by atoms with Crippen LogP contribution in [0.2, 0.25) is 0 Å². The van der Waals surface area contributed by atoms with E-state index < -0.39 is 36.4 Å². The first-order chi connectivity index (χ1) is 10.0. The largest absolute Gasteiger partial charge is 0.378 e. The summed E-state index contributed by atoms with van der Waals surface area (Å²) in [5.41, 5.74) is -0.586. The van der Waals surface area contributed by atoms with E-state index in [1.54, 1.807) is 0 Å². The van der Waals surface area contributed by atoms with Gasteiger partial charge in [-0.05, 0) is 11.1 Å². The van der Waals surface area contributed by atoms with Crippen LogP contribution in [-0.2, 0) is 16.5 Å². The summed E-state index contributed by atoms with van der Waals surface area (Å²) in [5, 5.41) is 0. The highest BCUT2D eigenvalue weighted by atomic mass is 79.9. The first-order valence-corrected chi connectivity index (χ1v) is 7.28. The molecule has 0 saturated carbocycles. The van der Waals surface area contributed by atoms with E-state index >= 15 is 0 Å². The molecule has 116 valence electrons. The fourth-order valence-electron chi connectivity index (χ4n) is 2.36. The minimum atomic E-state index is -0.709. The molecule has 2 heterocycles. The van der Waals surface area contributed by atoms with Crippen LogP contribution in [0.1, 0.15) is 18.2 Å². The number of ether oxygens (including phenoxy) is 2. The van der Waals surface area contributed by atoms with E-state index in [0.29, 0.717) is 12.0 Å². The minimum Gasteiger partial charge on any atom is -0.378 e. The molecule has 3 atom stereocenters. The smallest absolute Gasteiger partial charge is 0.332 e. The predicted octanol–water partition coefficient (Wildman–Crippen LogP) is 1.18. The van der Waals surface area contributed by atoms with Crippen LogP contribution in [0.15, 0.2) is 20.8 Å². The Balaban J connectivity index is 2.46. The van der Waals surface area contributed by atoms with Crippen LogP contribution in [0.5, 0.6) is 0 Å². The summed E-state index contributed by atoms with van der Waals surface area (Å²) in [6, 6.07) is 0. The zero-order valence-corrected chi connectivity index (χ0v) is 13.2. The third-order valence-corrected chi connectivity index (χ3v) is 3.79. The molecule has 1 fully saturated rings. The van der Waals surface area contributed by atoms with Gasteiger partial charge in [-0.3, -0.25) is 13.9 Å². The van der Waals surface area contributed by atoms with Crippen molar-refractivity contribution in [2.75, 3.05) is 13.8 Å². The molecule has 0 aromatic carbocycles. The van der Waals surface area contributed by atoms with Gasteiger partial charge in [0.25, 0.3) is 5.56 Å². The summed E-state index contributed by atoms with van der Waals surface area (Å²) in [7, 11) is 2.86. The van der Waals surface area contributed by atoms with Crippen molar-refractivity contribution in [3.8, 4) is 0 Å². The molecule has 6 nitrogen and oxygen atoms in total. The summed E-state index contributed by atoms with van der Waals surface area (Å²) >= 11 is 3.10. The van der Waals surface area contributed by atoms with E-state index in [1.165, 1.54) is 36.0 Å². The van der Waals surface area contributed by atoms with Crippen LogP contribution >= 0.6 is 15.9 Å². The van der Waals surface area contributed by atoms with Gasteiger partial charge in [-0.1, -0.05) is 15.9 Å². The van der Waals surface area contributed by atoms with Crippen LogP contribution in [0.4, 0.5) is 4.39 Å². The lowest BCUT2D eigenvalue weighted by Gasteiger charge is -2.16. The van der Waals surface area contributed by atoms with Crippen molar-refractivity contribution in [2.45, 2.75) is 24.9 Å². The molecule has 0 spiro atoms. The Hall–Kier alpha value is -1.25. The maximum absolute atomic E-state index is 12.9. The number of halogens is 2. The van der Waals surface area contributed by atoms with Crippen LogP contribution in [0, 0.1) is 0 Å². The molecule has 0 radical (unpaired) electrons. The van der Waals surface area contributed by atoms with Crippen LogP contribution in [0.3, 0.4) is 0 Å². The molecule has 21 heavy (non-hydrogen) atoms. The fourth-order valence-corrected chi connectivity index (χ4v) is 2.65. The number of aromatic nitrogens is 2. The maximum atomic E-state index is 12.9. The predicted molar refractivity (Wildman–Crippen MR) is 79.2 cm³/mol. The van der Waals surface area contributed by atoms with Gasteiger partial charge < -0.3 is 9.47 Å². The van der Waals surface area contributed by atoms with Gasteiger partial charge in [0.15, 0.2) is 0 Å². The lowest BCUT2D eigenvalue weighted by atomic mass is 10.2. The molecule has 0 amide bonds. The molecule has 8 heteroatoms. The van der Waals surface area contributed by atoms with Gasteiger partial charge in [0.1, 0.15) is 19.0 Å². The third-order valence-electron chi connectivity index (χ3n) is 3.53. The number of nitrogens with zero attached hydrogens (tertiary/aromatic N) is 2. The zero-order chi connectivity index (χ0) is 15.6. The van der Waals surface area contributed by atoms with Gasteiger partial charge in [-0.2, -0.15) is 0 Å². The highest BCUT2D eigenvalue weighted by Crippen LogP contribution is 2.29. The summed E-state index contributed by atoms with van der Waals surface area (Å²) < 4.78 is 25.9. The van der Waals surface area contributed by atoms with Crippen molar-refractivity contribution in [1.29, 1.82) is 0 Å². The minimum absolute atomic E-state index is 0.329. The van der Waals surface area contributed by atoms with Gasteiger partial charge in [0, 0.05) is 26.8 Å². The van der Waals surface area contributed by atoms with Crippen LogP contribution < -0.4 is 11.2 Å². The molecule has 1 saturated heterocycles. The second-order valence-electron chi connectivity index (χ2n) is 4.72. The highest BCUT2D eigenvalue weighted by Gasteiger charge is 2.37. The van der Waals surface area contributed by atoms with Crippen LogP contribution in [0.25, 0.3) is 6.08 Å². The normalized spacial score (nSPS) is 25.8. The molecular weight excluding hydrogens is 347 g/mol. The van der Waals surface area contributed by atoms with Gasteiger partial charge in [0.05, 0.1) is 11.7 Å². The number of hydrogen-bond acceptors (Lipinski definition) is 4. The number of alkyl halides is 1. The van der Waals surface area contributed by atoms with E-state index in [0.717, 1.165) is 4.57 Å². The lowest BCUT2D eigenvalue weighted by molar-refractivity contribution is -0.0395. The van der Waals surface area contributed by atoms with Crippen molar-refractivity contribution in [3.05, 3.63) is 37.6 Å². The van der Waals surface area contributed by atoms with Crippen molar-refractivity contribution < 1.29 is 13.9 Å². The van der Waals surface area contributed by atoms with E-state index in [4.69, 9.17) is 9.47 Å². The first-order valence-electron chi connectivity index (χ1n) is 6.36. The van der Waals surface area contributed by atoms with Crippen molar-refractivity contribution in [1.82, 2.24) is 9.13 Å². The standard InChI is InChI=1S/C13H16BrFN2O4/c1-16-12(18)8(3-4-14)7-17(13(16)19)11-5-9(20-2)10(6-15)21-11/h3-4,7,9-11H,5-6H2,1-2H3/b4-3+/t9-,10+,11+/m0/s1. The number of hydrogen-bond donors (Lipinski definition) is 0. The van der Waals surface area contributed by atoms with E-state index in [2.05, 4.69) is 15.9 Å². The molecule has 1 aromatic rings. The Kier molecular flexibility index (Phi) is 5.13. The van der Waals surface area contributed by atoms with Gasteiger partial charge in [0.2, 0.25) is 0 Å². The first kappa shape index (κ1) is 16.1. The molecule has 0 unspecified atom stereocenters. The average Bonchev–Trinajstić information content (AvgIpc) is 2.91. The van der Waals surface area contributed by atoms with E-state index in [9.17, 15) is 14.0 Å². The monoisotopic (exact) mass is 362 g/mol. The fraction of sp³-hybridized carbons (Fsp3) is 0.538. The SMILES string of the molecule is CO[C@H]1C[C@H](n2cc(/C=C/Br)c(=O)n(C)c2=O)O[C@@H]1CF. The van der Waals surface area contributed by atoms with Crippen molar-refractivity contribution in [3.63, 3.8) is 0 Å². The third kappa shape index (κ3) is 3.02. The van der Waals surface area contributed by atoms with Gasteiger partial charge >= 0.3 is 5.69 Å². The van der Waals surface area contributed by atoms with Gasteiger partial charge in [-0.15, -0.1) is 0 Å². The zero-order valence-electron chi connectivity index (χ0n) is 11.7. The molecule has 0 bridgehead atoms. The quantitative estimate of drug-likeness (QED) is 0.806. The number of rotatable bonds is 4. The maximum Gasteiger partial charge on any atom is 0.332 e. The lowest BCUT2D eigenvalue weighted by Crippen LogP contribution is -2.40. The van der Waals surface area contributed by atoms with Crippen molar-refractivity contribution >= 4 is 22.0 Å². The van der Waals surface area contributed by atoms with E-state index in [-0.39, 0.29) is 0 Å². The molecule has 2 rings (SSSR count). The second kappa shape index (κ2) is 6.67. The van der Waals surface area contributed by atoms with Gasteiger partial charge in [-0.25, -0.2) is 9.18 Å². The Morgan fingerprint density at radius 1 is 1.57 bits per heavy atom. The Morgan fingerprint density at radius 2 is 2.29 bits per heavy atom. The molecule has 1 aromatic heterocycles. The summed E-state index contributed by atoms with van der Waals surface area (Å²) in [5.74, 6) is 0. The number of methoxy groups -OCH3 is 1. The van der Waals surface area contributed by atoms with Crippen LogP contribution in [-0.4, -0.2) is 35.1 Å². The molecular formula is C13H16BrFN2O4. The molecule has 1 aliphatic rings. The Labute approximate surface area is 128 Å². The molecule has 0 aliphatic carbocycles. The second-order valence-corrected chi connectivity index (χ2v) is 5.25. The highest BCUT2D eigenvalue weighted by molar-refractivity contribution is 9.11. The summed E-state index contributed by atoms with van der Waals surface area (Å²) in [6.07, 6.45) is 1.52.